The largest absolute Gasteiger partial charge is 0.392 e. The molecule has 17 heavy (non-hydrogen) atoms. The lowest BCUT2D eigenvalue weighted by molar-refractivity contribution is 0.0943. The molecule has 0 saturated heterocycles. The van der Waals surface area contributed by atoms with Gasteiger partial charge in [0, 0.05) is 0 Å². The SMILES string of the molecule is Cc1nc(C)c(C(=O)NC(C(N)=S)C(C)C)s1. The van der Waals surface area contributed by atoms with Crippen molar-refractivity contribution >= 4 is 34.5 Å². The van der Waals surface area contributed by atoms with Gasteiger partial charge in [0.15, 0.2) is 0 Å². The molecule has 1 rings (SSSR count). The van der Waals surface area contributed by atoms with Gasteiger partial charge in [0.1, 0.15) is 4.88 Å². The fourth-order valence-electron chi connectivity index (χ4n) is 1.52. The normalized spacial score (nSPS) is 12.5. The van der Waals surface area contributed by atoms with E-state index in [1.165, 1.54) is 11.3 Å². The maximum Gasteiger partial charge on any atom is 0.263 e. The van der Waals surface area contributed by atoms with Crippen molar-refractivity contribution in [3.8, 4) is 0 Å². The van der Waals surface area contributed by atoms with Gasteiger partial charge in [-0.3, -0.25) is 4.79 Å². The van der Waals surface area contributed by atoms with Gasteiger partial charge in [0.25, 0.3) is 5.91 Å². The van der Waals surface area contributed by atoms with Gasteiger partial charge in [-0.25, -0.2) is 4.98 Å². The van der Waals surface area contributed by atoms with Gasteiger partial charge >= 0.3 is 0 Å². The molecule has 0 aliphatic rings. The molecule has 3 N–H and O–H groups in total. The van der Waals surface area contributed by atoms with Crippen molar-refractivity contribution < 1.29 is 4.79 Å². The van der Waals surface area contributed by atoms with Gasteiger partial charge in [-0.1, -0.05) is 26.1 Å². The van der Waals surface area contributed by atoms with Gasteiger partial charge < -0.3 is 11.1 Å². The molecule has 4 nitrogen and oxygen atoms in total. The zero-order valence-corrected chi connectivity index (χ0v) is 12.0. The number of aromatic nitrogens is 1. The predicted molar refractivity (Wildman–Crippen MR) is 74.5 cm³/mol. The van der Waals surface area contributed by atoms with Crippen molar-refractivity contribution in [2.24, 2.45) is 11.7 Å². The second kappa shape index (κ2) is 5.55. The lowest BCUT2D eigenvalue weighted by Gasteiger charge is -2.20. The molecule has 94 valence electrons. The van der Waals surface area contributed by atoms with E-state index in [1.807, 2.05) is 27.7 Å². The Labute approximate surface area is 111 Å². The summed E-state index contributed by atoms with van der Waals surface area (Å²) in [6.07, 6.45) is 0. The van der Waals surface area contributed by atoms with E-state index in [2.05, 4.69) is 10.3 Å². The van der Waals surface area contributed by atoms with E-state index in [-0.39, 0.29) is 17.9 Å². The zero-order valence-electron chi connectivity index (χ0n) is 10.4. The number of hydrogen-bond acceptors (Lipinski definition) is 4. The Balaban J connectivity index is 2.85. The van der Waals surface area contributed by atoms with Crippen LogP contribution in [-0.2, 0) is 0 Å². The van der Waals surface area contributed by atoms with Crippen LogP contribution in [0.15, 0.2) is 0 Å². The number of hydrogen-bond donors (Lipinski definition) is 2. The number of thiocarbonyl (C=S) groups is 1. The minimum atomic E-state index is -0.278. The molecular formula is C11H17N3OS2. The van der Waals surface area contributed by atoms with Crippen molar-refractivity contribution in [3.05, 3.63) is 15.6 Å². The number of carbonyl (C=O) groups is 1. The number of amides is 1. The summed E-state index contributed by atoms with van der Waals surface area (Å²) in [5, 5.41) is 3.73. The van der Waals surface area contributed by atoms with Crippen LogP contribution in [-0.4, -0.2) is 21.9 Å². The third kappa shape index (κ3) is 3.47. The highest BCUT2D eigenvalue weighted by atomic mass is 32.1. The van der Waals surface area contributed by atoms with E-state index in [9.17, 15) is 4.79 Å². The quantitative estimate of drug-likeness (QED) is 0.819. The van der Waals surface area contributed by atoms with Crippen LogP contribution in [0.25, 0.3) is 0 Å². The van der Waals surface area contributed by atoms with E-state index in [0.717, 1.165) is 10.7 Å². The second-order valence-electron chi connectivity index (χ2n) is 4.24. The Morgan fingerprint density at radius 3 is 2.41 bits per heavy atom. The van der Waals surface area contributed by atoms with Crippen molar-refractivity contribution in [2.75, 3.05) is 0 Å². The standard InChI is InChI=1S/C11H17N3OS2/c1-5(2)8(10(12)16)14-11(15)9-6(3)13-7(4)17-9/h5,8H,1-4H3,(H2,12,16)(H,14,15). The molecule has 1 atom stereocenters. The minimum Gasteiger partial charge on any atom is -0.392 e. The molecule has 1 aromatic rings. The monoisotopic (exact) mass is 271 g/mol. The summed E-state index contributed by atoms with van der Waals surface area (Å²) in [4.78, 5) is 17.2. The topological polar surface area (TPSA) is 68.0 Å². The Bertz CT molecular complexity index is 440. The zero-order chi connectivity index (χ0) is 13.2. The molecule has 1 aromatic heterocycles. The van der Waals surface area contributed by atoms with Gasteiger partial charge in [-0.05, 0) is 19.8 Å². The average molecular weight is 271 g/mol. The molecule has 0 fully saturated rings. The molecule has 1 amide bonds. The molecule has 0 aliphatic heterocycles. The third-order valence-electron chi connectivity index (χ3n) is 2.37. The van der Waals surface area contributed by atoms with Crippen molar-refractivity contribution in [1.29, 1.82) is 0 Å². The van der Waals surface area contributed by atoms with Gasteiger partial charge in [-0.15, -0.1) is 11.3 Å². The maximum absolute atomic E-state index is 12.0. The summed E-state index contributed by atoms with van der Waals surface area (Å²) in [6.45, 7) is 7.63. The van der Waals surface area contributed by atoms with Crippen molar-refractivity contribution in [2.45, 2.75) is 33.7 Å². The Kier molecular flexibility index (Phi) is 4.59. The minimum absolute atomic E-state index is 0.153. The Hall–Kier alpha value is -1.01. The molecule has 1 heterocycles. The van der Waals surface area contributed by atoms with E-state index < -0.39 is 0 Å². The number of nitrogens with two attached hydrogens (primary N) is 1. The summed E-state index contributed by atoms with van der Waals surface area (Å²) in [5.74, 6) is 0.0189. The van der Waals surface area contributed by atoms with Crippen LogP contribution in [0.4, 0.5) is 0 Å². The number of nitrogens with one attached hydrogen (secondary N) is 1. The number of carbonyl (C=O) groups excluding carboxylic acids is 1. The van der Waals surface area contributed by atoms with Gasteiger partial charge in [-0.2, -0.15) is 0 Å². The second-order valence-corrected chi connectivity index (χ2v) is 5.92. The summed E-state index contributed by atoms with van der Waals surface area (Å²) in [5.41, 5.74) is 6.36. The molecule has 0 radical (unpaired) electrons. The van der Waals surface area contributed by atoms with Crippen LogP contribution in [0.3, 0.4) is 0 Å². The lowest BCUT2D eigenvalue weighted by atomic mass is 10.0. The molecule has 0 bridgehead atoms. The van der Waals surface area contributed by atoms with Crippen LogP contribution >= 0.6 is 23.6 Å². The van der Waals surface area contributed by atoms with Crippen LogP contribution in [0.1, 0.15) is 34.2 Å². The molecule has 6 heteroatoms. The molecule has 0 aromatic carbocycles. The summed E-state index contributed by atoms with van der Waals surface area (Å²) in [7, 11) is 0. The molecule has 0 aliphatic carbocycles. The number of aryl methyl sites for hydroxylation is 2. The molecule has 0 saturated carbocycles. The van der Waals surface area contributed by atoms with Crippen LogP contribution < -0.4 is 11.1 Å². The fourth-order valence-corrected chi connectivity index (χ4v) is 2.67. The van der Waals surface area contributed by atoms with Crippen LogP contribution in [0.2, 0.25) is 0 Å². The molecule has 1 unspecified atom stereocenters. The Morgan fingerprint density at radius 2 is 2.06 bits per heavy atom. The number of rotatable bonds is 4. The first-order valence-corrected chi connectivity index (χ1v) is 6.59. The summed E-state index contributed by atoms with van der Waals surface area (Å²) < 4.78 is 0. The maximum atomic E-state index is 12.0. The predicted octanol–water partition coefficient (Wildman–Crippen LogP) is 1.80. The first kappa shape index (κ1) is 14.1. The van der Waals surface area contributed by atoms with Gasteiger partial charge in [0.05, 0.1) is 21.7 Å². The smallest absolute Gasteiger partial charge is 0.263 e. The molecular weight excluding hydrogens is 254 g/mol. The average Bonchev–Trinajstić information content (AvgIpc) is 2.53. The number of thiazole rings is 1. The summed E-state index contributed by atoms with van der Waals surface area (Å²) >= 11 is 6.33. The van der Waals surface area contributed by atoms with Crippen molar-refractivity contribution in [1.82, 2.24) is 10.3 Å². The highest BCUT2D eigenvalue weighted by Gasteiger charge is 2.22. The highest BCUT2D eigenvalue weighted by Crippen LogP contribution is 2.17. The lowest BCUT2D eigenvalue weighted by Crippen LogP contribution is -2.46. The van der Waals surface area contributed by atoms with Crippen LogP contribution in [0.5, 0.6) is 0 Å². The first-order valence-electron chi connectivity index (χ1n) is 5.37. The van der Waals surface area contributed by atoms with Gasteiger partial charge in [0.2, 0.25) is 0 Å². The Morgan fingerprint density at radius 1 is 1.47 bits per heavy atom. The first-order chi connectivity index (χ1) is 7.82. The summed E-state index contributed by atoms with van der Waals surface area (Å²) in [6, 6.07) is -0.278. The van der Waals surface area contributed by atoms with E-state index in [1.54, 1.807) is 0 Å². The van der Waals surface area contributed by atoms with E-state index in [0.29, 0.717) is 9.87 Å². The number of nitrogens with zero attached hydrogens (tertiary/aromatic N) is 1. The highest BCUT2D eigenvalue weighted by molar-refractivity contribution is 7.80. The van der Waals surface area contributed by atoms with Crippen LogP contribution in [0, 0.1) is 19.8 Å². The molecule has 0 spiro atoms. The third-order valence-corrected chi connectivity index (χ3v) is 3.70. The fraction of sp³-hybridized carbons (Fsp3) is 0.545. The van der Waals surface area contributed by atoms with E-state index >= 15 is 0 Å². The van der Waals surface area contributed by atoms with E-state index in [4.69, 9.17) is 18.0 Å². The van der Waals surface area contributed by atoms with Crippen molar-refractivity contribution in [3.63, 3.8) is 0 Å².